The largest absolute Gasteiger partial charge is 0.468 e. The number of methoxy groups -OCH3 is 1. The zero-order valence-corrected chi connectivity index (χ0v) is 12.7. The molecule has 3 atom stereocenters. The third-order valence-corrected chi connectivity index (χ3v) is 3.88. The maximum atomic E-state index is 12.6. The van der Waals surface area contributed by atoms with Crippen LogP contribution in [0.5, 0.6) is 0 Å². The van der Waals surface area contributed by atoms with E-state index in [-0.39, 0.29) is 24.0 Å². The van der Waals surface area contributed by atoms with Crippen LogP contribution in [0.15, 0.2) is 30.3 Å². The minimum Gasteiger partial charge on any atom is -0.468 e. The molecule has 0 unspecified atom stereocenters. The molecule has 0 spiro atoms. The molecule has 21 heavy (non-hydrogen) atoms. The summed E-state index contributed by atoms with van der Waals surface area (Å²) >= 11 is 0. The lowest BCUT2D eigenvalue weighted by Gasteiger charge is -2.22. The minimum atomic E-state index is -0.438. The van der Waals surface area contributed by atoms with Crippen molar-refractivity contribution in [3.63, 3.8) is 0 Å². The molecule has 0 radical (unpaired) electrons. The average molecular weight is 290 g/mol. The van der Waals surface area contributed by atoms with E-state index in [0.29, 0.717) is 12.8 Å². The van der Waals surface area contributed by atoms with Crippen LogP contribution < -0.4 is 10.2 Å². The lowest BCUT2D eigenvalue weighted by molar-refractivity contribution is -0.143. The molecule has 0 bridgehead atoms. The van der Waals surface area contributed by atoms with Gasteiger partial charge in [-0.15, -0.1) is 0 Å². The molecule has 0 aromatic heterocycles. The van der Waals surface area contributed by atoms with Gasteiger partial charge in [-0.05, 0) is 31.9 Å². The van der Waals surface area contributed by atoms with Gasteiger partial charge in [-0.3, -0.25) is 14.9 Å². The van der Waals surface area contributed by atoms with E-state index in [1.807, 2.05) is 44.2 Å². The van der Waals surface area contributed by atoms with E-state index in [1.54, 1.807) is 4.90 Å². The molecule has 2 rings (SSSR count). The van der Waals surface area contributed by atoms with Crippen LogP contribution >= 0.6 is 0 Å². The number of ether oxygens (including phenoxy) is 1. The second kappa shape index (κ2) is 6.72. The van der Waals surface area contributed by atoms with Crippen molar-refractivity contribution < 1.29 is 14.3 Å². The van der Waals surface area contributed by atoms with Gasteiger partial charge < -0.3 is 9.64 Å². The van der Waals surface area contributed by atoms with Crippen LogP contribution in [0.1, 0.15) is 26.7 Å². The fourth-order valence-electron chi connectivity index (χ4n) is 2.78. The first-order chi connectivity index (χ1) is 10.1. The van der Waals surface area contributed by atoms with Crippen molar-refractivity contribution >= 4 is 17.6 Å². The summed E-state index contributed by atoms with van der Waals surface area (Å²) in [6.45, 7) is 3.91. The van der Waals surface area contributed by atoms with E-state index in [9.17, 15) is 9.59 Å². The van der Waals surface area contributed by atoms with Crippen molar-refractivity contribution in [1.82, 2.24) is 5.32 Å². The maximum absolute atomic E-state index is 12.6. The molecule has 114 valence electrons. The molecule has 1 amide bonds. The molecule has 1 aromatic rings. The SMILES string of the molecule is CC[C@H](N[C@@H]1C[C@@H](C)N(c2ccccc2)C1=O)C(=O)OC. The normalized spacial score (nSPS) is 23.2. The fraction of sp³-hybridized carbons (Fsp3) is 0.500. The van der Waals surface area contributed by atoms with E-state index in [2.05, 4.69) is 5.32 Å². The number of rotatable bonds is 5. The summed E-state index contributed by atoms with van der Waals surface area (Å²) < 4.78 is 4.76. The molecule has 1 aliphatic rings. The van der Waals surface area contributed by atoms with Crippen molar-refractivity contribution in [2.45, 2.75) is 44.8 Å². The average Bonchev–Trinajstić information content (AvgIpc) is 2.79. The van der Waals surface area contributed by atoms with Gasteiger partial charge in [-0.2, -0.15) is 0 Å². The van der Waals surface area contributed by atoms with E-state index in [0.717, 1.165) is 5.69 Å². The number of carbonyl (C=O) groups excluding carboxylic acids is 2. The van der Waals surface area contributed by atoms with Gasteiger partial charge in [0.25, 0.3) is 0 Å². The molecular weight excluding hydrogens is 268 g/mol. The second-order valence-corrected chi connectivity index (χ2v) is 5.33. The smallest absolute Gasteiger partial charge is 0.322 e. The molecule has 1 fully saturated rings. The van der Waals surface area contributed by atoms with Crippen LogP contribution in [0.4, 0.5) is 5.69 Å². The highest BCUT2D eigenvalue weighted by atomic mass is 16.5. The minimum absolute atomic E-state index is 0.0102. The van der Waals surface area contributed by atoms with Crippen molar-refractivity contribution in [1.29, 1.82) is 0 Å². The molecule has 0 saturated carbocycles. The molecule has 1 N–H and O–H groups in total. The van der Waals surface area contributed by atoms with Crippen molar-refractivity contribution in [3.8, 4) is 0 Å². The summed E-state index contributed by atoms with van der Waals surface area (Å²) in [5.41, 5.74) is 0.894. The zero-order valence-electron chi connectivity index (χ0n) is 12.7. The lowest BCUT2D eigenvalue weighted by atomic mass is 10.1. The second-order valence-electron chi connectivity index (χ2n) is 5.33. The van der Waals surface area contributed by atoms with Crippen molar-refractivity contribution in [2.75, 3.05) is 12.0 Å². The van der Waals surface area contributed by atoms with Crippen LogP contribution in [0, 0.1) is 0 Å². The number of para-hydroxylation sites is 1. The molecule has 0 aliphatic carbocycles. The summed E-state index contributed by atoms with van der Waals surface area (Å²) in [5.74, 6) is -0.313. The number of anilines is 1. The summed E-state index contributed by atoms with van der Waals surface area (Å²) in [7, 11) is 1.36. The Bertz CT molecular complexity index is 504. The van der Waals surface area contributed by atoms with Gasteiger partial charge in [-0.25, -0.2) is 0 Å². The van der Waals surface area contributed by atoms with Gasteiger partial charge in [0.1, 0.15) is 6.04 Å². The first-order valence-corrected chi connectivity index (χ1v) is 7.30. The molecule has 1 aromatic carbocycles. The first kappa shape index (κ1) is 15.5. The summed E-state index contributed by atoms with van der Waals surface area (Å²) in [6, 6.07) is 8.93. The highest BCUT2D eigenvalue weighted by Crippen LogP contribution is 2.26. The molecular formula is C16H22N2O3. The number of hydrogen-bond acceptors (Lipinski definition) is 4. The van der Waals surface area contributed by atoms with Crippen molar-refractivity contribution in [3.05, 3.63) is 30.3 Å². The Morgan fingerprint density at radius 2 is 2.10 bits per heavy atom. The van der Waals surface area contributed by atoms with Gasteiger partial charge in [-0.1, -0.05) is 25.1 Å². The number of carbonyl (C=O) groups is 2. The third kappa shape index (κ3) is 3.24. The van der Waals surface area contributed by atoms with Crippen molar-refractivity contribution in [2.24, 2.45) is 0 Å². The Hall–Kier alpha value is -1.88. The van der Waals surface area contributed by atoms with Crippen LogP contribution in [-0.2, 0) is 14.3 Å². The van der Waals surface area contributed by atoms with Gasteiger partial charge in [0.05, 0.1) is 13.2 Å². The fourth-order valence-corrected chi connectivity index (χ4v) is 2.78. The van der Waals surface area contributed by atoms with Crippen LogP contribution in [0.2, 0.25) is 0 Å². The summed E-state index contributed by atoms with van der Waals surface area (Å²) in [6.07, 6.45) is 1.28. The Morgan fingerprint density at radius 3 is 2.67 bits per heavy atom. The highest BCUT2D eigenvalue weighted by molar-refractivity contribution is 6.00. The van der Waals surface area contributed by atoms with Crippen LogP contribution in [0.3, 0.4) is 0 Å². The zero-order chi connectivity index (χ0) is 15.4. The lowest BCUT2D eigenvalue weighted by Crippen LogP contribution is -2.47. The third-order valence-electron chi connectivity index (χ3n) is 3.88. The maximum Gasteiger partial charge on any atom is 0.322 e. The van der Waals surface area contributed by atoms with Crippen LogP contribution in [-0.4, -0.2) is 37.1 Å². The van der Waals surface area contributed by atoms with E-state index in [1.165, 1.54) is 7.11 Å². The quantitative estimate of drug-likeness (QED) is 0.839. The monoisotopic (exact) mass is 290 g/mol. The Balaban J connectivity index is 2.11. The summed E-state index contributed by atoms with van der Waals surface area (Å²) in [4.78, 5) is 26.0. The Morgan fingerprint density at radius 1 is 1.43 bits per heavy atom. The Labute approximate surface area is 125 Å². The predicted molar refractivity (Wildman–Crippen MR) is 81.0 cm³/mol. The molecule has 1 heterocycles. The van der Waals surface area contributed by atoms with E-state index >= 15 is 0 Å². The number of nitrogens with one attached hydrogen (secondary N) is 1. The predicted octanol–water partition coefficient (Wildman–Crippen LogP) is 1.72. The van der Waals surface area contributed by atoms with Gasteiger partial charge in [0, 0.05) is 11.7 Å². The standard InChI is InChI=1S/C16H22N2O3/c1-4-13(16(20)21-3)17-14-10-11(2)18(15(14)19)12-8-6-5-7-9-12/h5-9,11,13-14,17H,4,10H2,1-3H3/t11-,13+,14-/m1/s1. The number of hydrogen-bond donors (Lipinski definition) is 1. The van der Waals surface area contributed by atoms with Gasteiger partial charge in [0.15, 0.2) is 0 Å². The highest BCUT2D eigenvalue weighted by Gasteiger charge is 2.39. The number of benzene rings is 1. The molecule has 1 aliphatic heterocycles. The summed E-state index contributed by atoms with van der Waals surface area (Å²) in [5, 5.41) is 3.13. The van der Waals surface area contributed by atoms with Gasteiger partial charge in [0.2, 0.25) is 5.91 Å². The van der Waals surface area contributed by atoms with Crippen LogP contribution in [0.25, 0.3) is 0 Å². The van der Waals surface area contributed by atoms with E-state index in [4.69, 9.17) is 4.74 Å². The number of esters is 1. The first-order valence-electron chi connectivity index (χ1n) is 7.30. The number of nitrogens with zero attached hydrogens (tertiary/aromatic N) is 1. The van der Waals surface area contributed by atoms with E-state index < -0.39 is 6.04 Å². The molecule has 5 nitrogen and oxygen atoms in total. The molecule has 5 heteroatoms. The Kier molecular flexibility index (Phi) is 4.96. The topological polar surface area (TPSA) is 58.6 Å². The van der Waals surface area contributed by atoms with Gasteiger partial charge >= 0.3 is 5.97 Å². The molecule has 1 saturated heterocycles. The number of amides is 1.